The van der Waals surface area contributed by atoms with Crippen LogP contribution in [0.25, 0.3) is 0 Å². The van der Waals surface area contributed by atoms with Crippen molar-refractivity contribution in [2.45, 2.75) is 19.9 Å². The molecule has 1 aromatic heterocycles. The Hall–Kier alpha value is -0.880. The average Bonchev–Trinajstić information content (AvgIpc) is 2.88. The number of halogens is 1. The van der Waals surface area contributed by atoms with Crippen LogP contribution in [-0.2, 0) is 0 Å². The van der Waals surface area contributed by atoms with Gasteiger partial charge >= 0.3 is 0 Å². The third-order valence-electron chi connectivity index (χ3n) is 2.89. The topological polar surface area (TPSA) is 29.1 Å². The molecule has 0 saturated carbocycles. The molecule has 1 N–H and O–H groups in total. The fourth-order valence-corrected chi connectivity index (χ4v) is 3.38. The zero-order chi connectivity index (χ0) is 13.8. The molecule has 4 heteroatoms. The van der Waals surface area contributed by atoms with Crippen LogP contribution in [0.2, 0.25) is 0 Å². The Kier molecular flexibility index (Phi) is 4.99. The lowest BCUT2D eigenvalue weighted by molar-refractivity contribution is 0.0926. The third-order valence-corrected chi connectivity index (χ3v) is 4.52. The van der Waals surface area contributed by atoms with Crippen LogP contribution >= 0.6 is 33.9 Å². The van der Waals surface area contributed by atoms with E-state index < -0.39 is 0 Å². The molecule has 0 radical (unpaired) electrons. The summed E-state index contributed by atoms with van der Waals surface area (Å²) in [6, 6.07) is 11.8. The number of amides is 1. The van der Waals surface area contributed by atoms with Crippen molar-refractivity contribution in [1.82, 2.24) is 5.32 Å². The van der Waals surface area contributed by atoms with E-state index in [4.69, 9.17) is 0 Å². The fraction of sp³-hybridized carbons (Fsp3) is 0.267. The van der Waals surface area contributed by atoms with Gasteiger partial charge in [0.05, 0.1) is 6.04 Å². The first-order valence-corrected chi connectivity index (χ1v) is 8.13. The zero-order valence-corrected chi connectivity index (χ0v) is 13.9. The molecule has 0 aliphatic heterocycles. The second-order valence-corrected chi connectivity index (χ2v) is 6.95. The van der Waals surface area contributed by atoms with Gasteiger partial charge in [-0.15, -0.1) is 11.3 Å². The second-order valence-electron chi connectivity index (χ2n) is 4.72. The van der Waals surface area contributed by atoms with Gasteiger partial charge in [-0.3, -0.25) is 4.79 Å². The van der Waals surface area contributed by atoms with Crippen LogP contribution in [0, 0.1) is 9.49 Å². The fourth-order valence-electron chi connectivity index (χ4n) is 1.89. The molecule has 2 rings (SSSR count). The van der Waals surface area contributed by atoms with Crippen LogP contribution in [0.5, 0.6) is 0 Å². The largest absolute Gasteiger partial charge is 0.344 e. The lowest BCUT2D eigenvalue weighted by Crippen LogP contribution is -2.31. The van der Waals surface area contributed by atoms with Crippen molar-refractivity contribution in [1.29, 1.82) is 0 Å². The van der Waals surface area contributed by atoms with Gasteiger partial charge in [0, 0.05) is 14.0 Å². The number of thiophene rings is 1. The molecule has 1 atom stereocenters. The minimum Gasteiger partial charge on any atom is -0.344 e. The Labute approximate surface area is 131 Å². The highest BCUT2D eigenvalue weighted by molar-refractivity contribution is 14.1. The Bertz CT molecular complexity index is 551. The summed E-state index contributed by atoms with van der Waals surface area (Å²) in [5.41, 5.74) is 0.717. The van der Waals surface area contributed by atoms with Gasteiger partial charge in [-0.2, -0.15) is 0 Å². The van der Waals surface area contributed by atoms with Gasteiger partial charge in [-0.05, 0) is 58.2 Å². The van der Waals surface area contributed by atoms with Gasteiger partial charge in [0.2, 0.25) is 0 Å². The van der Waals surface area contributed by atoms with Gasteiger partial charge in [-0.1, -0.05) is 26.0 Å². The van der Waals surface area contributed by atoms with Crippen LogP contribution in [0.4, 0.5) is 0 Å². The van der Waals surface area contributed by atoms with E-state index in [1.807, 2.05) is 35.7 Å². The van der Waals surface area contributed by atoms with Crippen LogP contribution in [0.1, 0.15) is 35.1 Å². The molecule has 19 heavy (non-hydrogen) atoms. The number of benzene rings is 1. The van der Waals surface area contributed by atoms with Gasteiger partial charge < -0.3 is 5.32 Å². The predicted octanol–water partition coefficient (Wildman–Crippen LogP) is 4.48. The summed E-state index contributed by atoms with van der Waals surface area (Å²) < 4.78 is 1.07. The standard InChI is InChI=1S/C15H16INOS/c1-10(2)14(13-7-4-8-19-13)17-15(18)11-5-3-6-12(16)9-11/h3-10,14H,1-2H3,(H,17,18). The monoisotopic (exact) mass is 385 g/mol. The van der Waals surface area contributed by atoms with E-state index >= 15 is 0 Å². The predicted molar refractivity (Wildman–Crippen MR) is 88.5 cm³/mol. The molecule has 1 aromatic carbocycles. The molecule has 100 valence electrons. The van der Waals surface area contributed by atoms with E-state index in [0.717, 1.165) is 3.57 Å². The second kappa shape index (κ2) is 6.52. The van der Waals surface area contributed by atoms with Crippen molar-refractivity contribution in [3.05, 3.63) is 55.8 Å². The van der Waals surface area contributed by atoms with Crippen molar-refractivity contribution in [2.75, 3.05) is 0 Å². The lowest BCUT2D eigenvalue weighted by atomic mass is 10.0. The zero-order valence-electron chi connectivity index (χ0n) is 10.9. The first kappa shape index (κ1) is 14.5. The van der Waals surface area contributed by atoms with E-state index in [1.54, 1.807) is 11.3 Å². The smallest absolute Gasteiger partial charge is 0.251 e. The molecule has 2 aromatic rings. The van der Waals surface area contributed by atoms with Crippen molar-refractivity contribution < 1.29 is 4.79 Å². The lowest BCUT2D eigenvalue weighted by Gasteiger charge is -2.21. The van der Waals surface area contributed by atoms with E-state index in [2.05, 4.69) is 47.8 Å². The average molecular weight is 385 g/mol. The van der Waals surface area contributed by atoms with Gasteiger partial charge in [0.1, 0.15) is 0 Å². The summed E-state index contributed by atoms with van der Waals surface area (Å²) in [4.78, 5) is 13.5. The highest BCUT2D eigenvalue weighted by Gasteiger charge is 2.19. The highest BCUT2D eigenvalue weighted by Crippen LogP contribution is 2.26. The first-order valence-electron chi connectivity index (χ1n) is 6.18. The van der Waals surface area contributed by atoms with Gasteiger partial charge in [0.15, 0.2) is 0 Å². The summed E-state index contributed by atoms with van der Waals surface area (Å²) in [5, 5.41) is 5.17. The molecule has 0 spiro atoms. The summed E-state index contributed by atoms with van der Waals surface area (Å²) >= 11 is 3.90. The molecule has 1 heterocycles. The van der Waals surface area contributed by atoms with Crippen molar-refractivity contribution in [3.63, 3.8) is 0 Å². The minimum absolute atomic E-state index is 0.00869. The number of rotatable bonds is 4. The van der Waals surface area contributed by atoms with Crippen LogP contribution in [-0.4, -0.2) is 5.91 Å². The molecular formula is C15H16INOS. The van der Waals surface area contributed by atoms with E-state index in [9.17, 15) is 4.79 Å². The summed E-state index contributed by atoms with van der Waals surface area (Å²) in [5.74, 6) is 0.357. The summed E-state index contributed by atoms with van der Waals surface area (Å²) in [7, 11) is 0. The van der Waals surface area contributed by atoms with Crippen molar-refractivity contribution in [2.24, 2.45) is 5.92 Å². The van der Waals surface area contributed by atoms with Crippen molar-refractivity contribution >= 4 is 39.8 Å². The van der Waals surface area contributed by atoms with E-state index in [1.165, 1.54) is 4.88 Å². The normalized spacial score (nSPS) is 12.4. The molecule has 0 aliphatic carbocycles. The third kappa shape index (κ3) is 3.79. The Morgan fingerprint density at radius 3 is 2.63 bits per heavy atom. The summed E-state index contributed by atoms with van der Waals surface area (Å²) in [6.45, 7) is 4.25. The highest BCUT2D eigenvalue weighted by atomic mass is 127. The number of carbonyl (C=O) groups is 1. The molecular weight excluding hydrogens is 369 g/mol. The maximum Gasteiger partial charge on any atom is 0.251 e. The van der Waals surface area contributed by atoms with Crippen LogP contribution in [0.15, 0.2) is 41.8 Å². The van der Waals surface area contributed by atoms with Crippen LogP contribution < -0.4 is 5.32 Å². The molecule has 1 unspecified atom stereocenters. The van der Waals surface area contributed by atoms with E-state index in [0.29, 0.717) is 11.5 Å². The molecule has 0 aliphatic rings. The maximum atomic E-state index is 12.3. The van der Waals surface area contributed by atoms with Crippen molar-refractivity contribution in [3.8, 4) is 0 Å². The Morgan fingerprint density at radius 2 is 2.05 bits per heavy atom. The van der Waals surface area contributed by atoms with Gasteiger partial charge in [-0.25, -0.2) is 0 Å². The minimum atomic E-state index is -0.00869. The first-order chi connectivity index (χ1) is 9.08. The molecule has 2 nitrogen and oxygen atoms in total. The number of hydrogen-bond donors (Lipinski definition) is 1. The number of nitrogens with one attached hydrogen (secondary N) is 1. The Balaban J connectivity index is 2.16. The maximum absolute atomic E-state index is 12.3. The Morgan fingerprint density at radius 1 is 1.26 bits per heavy atom. The number of hydrogen-bond acceptors (Lipinski definition) is 2. The molecule has 1 amide bonds. The molecule has 0 saturated heterocycles. The molecule has 0 fully saturated rings. The number of carbonyl (C=O) groups excluding carboxylic acids is 1. The quantitative estimate of drug-likeness (QED) is 0.773. The van der Waals surface area contributed by atoms with Gasteiger partial charge in [0.25, 0.3) is 5.91 Å². The SMILES string of the molecule is CC(C)C(NC(=O)c1cccc(I)c1)c1cccs1. The van der Waals surface area contributed by atoms with E-state index in [-0.39, 0.29) is 11.9 Å². The summed E-state index contributed by atoms with van der Waals surface area (Å²) in [6.07, 6.45) is 0. The molecule has 0 bridgehead atoms. The van der Waals surface area contributed by atoms with Crippen LogP contribution in [0.3, 0.4) is 0 Å².